The van der Waals surface area contributed by atoms with E-state index in [-0.39, 0.29) is 0 Å². The number of hydrogen-bond donors (Lipinski definition) is 1. The van der Waals surface area contributed by atoms with Crippen molar-refractivity contribution in [3.05, 3.63) is 33.3 Å². The van der Waals surface area contributed by atoms with Gasteiger partial charge in [-0.25, -0.2) is 0 Å². The van der Waals surface area contributed by atoms with E-state index in [1.54, 1.807) is 0 Å². The van der Waals surface area contributed by atoms with E-state index >= 15 is 0 Å². The zero-order valence-electron chi connectivity index (χ0n) is 8.42. The van der Waals surface area contributed by atoms with Gasteiger partial charge < -0.3 is 5.73 Å². The molecule has 15 heavy (non-hydrogen) atoms. The van der Waals surface area contributed by atoms with Crippen molar-refractivity contribution in [3.8, 4) is 0 Å². The molecule has 1 atom stereocenters. The molecule has 0 bridgehead atoms. The Bertz CT molecular complexity index is 356. The van der Waals surface area contributed by atoms with Gasteiger partial charge in [0.25, 0.3) is 0 Å². The summed E-state index contributed by atoms with van der Waals surface area (Å²) in [7, 11) is 0. The summed E-state index contributed by atoms with van der Waals surface area (Å²) in [6.45, 7) is 2.94. The van der Waals surface area contributed by atoms with Gasteiger partial charge in [-0.2, -0.15) is 0 Å². The minimum atomic E-state index is 0.330. The van der Waals surface area contributed by atoms with Crippen LogP contribution < -0.4 is 5.73 Å². The van der Waals surface area contributed by atoms with E-state index in [1.807, 2.05) is 12.1 Å². The number of benzene rings is 1. The first kappa shape index (κ1) is 11.4. The van der Waals surface area contributed by atoms with E-state index in [4.69, 9.17) is 17.3 Å². The number of likely N-dealkylation sites (tertiary alicyclic amines) is 1. The lowest BCUT2D eigenvalue weighted by atomic mass is 10.2. The Labute approximate surface area is 104 Å². The van der Waals surface area contributed by atoms with E-state index in [2.05, 4.69) is 26.9 Å². The molecule has 1 saturated heterocycles. The monoisotopic (exact) mass is 288 g/mol. The third-order valence-corrected chi connectivity index (χ3v) is 3.57. The van der Waals surface area contributed by atoms with Gasteiger partial charge in [-0.1, -0.05) is 27.5 Å². The third kappa shape index (κ3) is 2.94. The van der Waals surface area contributed by atoms with Crippen LogP contribution in [0.2, 0.25) is 5.02 Å². The van der Waals surface area contributed by atoms with Crippen LogP contribution in [0, 0.1) is 0 Å². The van der Waals surface area contributed by atoms with Crippen LogP contribution in [0.25, 0.3) is 0 Å². The van der Waals surface area contributed by atoms with Crippen LogP contribution in [-0.4, -0.2) is 24.0 Å². The summed E-state index contributed by atoms with van der Waals surface area (Å²) in [5, 5.41) is 0.832. The van der Waals surface area contributed by atoms with Gasteiger partial charge in [0, 0.05) is 35.2 Å². The summed E-state index contributed by atoms with van der Waals surface area (Å²) in [4.78, 5) is 2.35. The Morgan fingerprint density at radius 3 is 3.00 bits per heavy atom. The molecule has 0 aromatic heterocycles. The van der Waals surface area contributed by atoms with Gasteiger partial charge in [-0.05, 0) is 30.2 Å². The zero-order chi connectivity index (χ0) is 10.8. The molecule has 1 aliphatic rings. The Hall–Kier alpha value is -0.0900. The Balaban J connectivity index is 2.07. The molecule has 2 nitrogen and oxygen atoms in total. The van der Waals surface area contributed by atoms with Crippen LogP contribution in [0.5, 0.6) is 0 Å². The number of rotatable bonds is 2. The van der Waals surface area contributed by atoms with Gasteiger partial charge in [0.1, 0.15) is 0 Å². The summed E-state index contributed by atoms with van der Waals surface area (Å²) < 4.78 is 1.07. The van der Waals surface area contributed by atoms with Gasteiger partial charge in [0.2, 0.25) is 0 Å². The normalized spacial score (nSPS) is 22.2. The van der Waals surface area contributed by atoms with E-state index < -0.39 is 0 Å². The summed E-state index contributed by atoms with van der Waals surface area (Å²) >= 11 is 9.59. The van der Waals surface area contributed by atoms with Gasteiger partial charge >= 0.3 is 0 Å². The summed E-state index contributed by atoms with van der Waals surface area (Å²) in [5.74, 6) is 0. The first-order valence-corrected chi connectivity index (χ1v) is 6.24. The van der Waals surface area contributed by atoms with E-state index in [0.29, 0.717) is 6.04 Å². The fraction of sp³-hybridized carbons (Fsp3) is 0.455. The third-order valence-electron chi connectivity index (χ3n) is 2.71. The van der Waals surface area contributed by atoms with Crippen LogP contribution in [0.4, 0.5) is 0 Å². The zero-order valence-corrected chi connectivity index (χ0v) is 10.8. The first-order chi connectivity index (χ1) is 7.15. The van der Waals surface area contributed by atoms with Crippen molar-refractivity contribution in [2.45, 2.75) is 19.0 Å². The Kier molecular flexibility index (Phi) is 3.67. The maximum atomic E-state index is 6.13. The van der Waals surface area contributed by atoms with Crippen molar-refractivity contribution in [1.82, 2.24) is 4.90 Å². The molecule has 0 amide bonds. The highest BCUT2D eigenvalue weighted by atomic mass is 79.9. The summed E-state index contributed by atoms with van der Waals surface area (Å²) in [6.07, 6.45) is 1.09. The lowest BCUT2D eigenvalue weighted by molar-refractivity contribution is 0.327. The largest absolute Gasteiger partial charge is 0.326 e. The molecule has 0 radical (unpaired) electrons. The van der Waals surface area contributed by atoms with Gasteiger partial charge in [-0.15, -0.1) is 0 Å². The molecule has 1 aromatic carbocycles. The minimum absolute atomic E-state index is 0.330. The van der Waals surface area contributed by atoms with Crippen molar-refractivity contribution in [3.63, 3.8) is 0 Å². The highest BCUT2D eigenvalue weighted by molar-refractivity contribution is 9.10. The number of halogens is 2. The van der Waals surface area contributed by atoms with Crippen LogP contribution in [0.15, 0.2) is 22.7 Å². The summed E-state index contributed by atoms with van der Waals surface area (Å²) in [6, 6.07) is 6.29. The Morgan fingerprint density at radius 2 is 2.33 bits per heavy atom. The Morgan fingerprint density at radius 1 is 1.53 bits per heavy atom. The molecule has 4 heteroatoms. The number of nitrogens with zero attached hydrogens (tertiary/aromatic N) is 1. The van der Waals surface area contributed by atoms with Crippen LogP contribution in [-0.2, 0) is 6.54 Å². The average molecular weight is 290 g/mol. The molecule has 2 N–H and O–H groups in total. The van der Waals surface area contributed by atoms with Crippen LogP contribution in [0.1, 0.15) is 12.0 Å². The van der Waals surface area contributed by atoms with Crippen molar-refractivity contribution < 1.29 is 0 Å². The molecule has 1 aliphatic heterocycles. The summed E-state index contributed by atoms with van der Waals surface area (Å²) in [5.41, 5.74) is 7.03. The minimum Gasteiger partial charge on any atom is -0.326 e. The van der Waals surface area contributed by atoms with Crippen molar-refractivity contribution in [2.75, 3.05) is 13.1 Å². The fourth-order valence-corrected chi connectivity index (χ4v) is 2.50. The van der Waals surface area contributed by atoms with Gasteiger partial charge in [0.15, 0.2) is 0 Å². The van der Waals surface area contributed by atoms with Crippen molar-refractivity contribution in [1.29, 1.82) is 0 Å². The average Bonchev–Trinajstić information content (AvgIpc) is 2.58. The van der Waals surface area contributed by atoms with Gasteiger partial charge in [0.05, 0.1) is 0 Å². The van der Waals surface area contributed by atoms with Gasteiger partial charge in [-0.3, -0.25) is 4.90 Å². The van der Waals surface area contributed by atoms with Crippen LogP contribution in [0.3, 0.4) is 0 Å². The molecular formula is C11H14BrClN2. The van der Waals surface area contributed by atoms with Crippen molar-refractivity contribution in [2.24, 2.45) is 5.73 Å². The second-order valence-electron chi connectivity index (χ2n) is 4.02. The fourth-order valence-electron chi connectivity index (χ4n) is 1.91. The van der Waals surface area contributed by atoms with E-state index in [9.17, 15) is 0 Å². The highest BCUT2D eigenvalue weighted by Crippen LogP contribution is 2.23. The topological polar surface area (TPSA) is 29.3 Å². The quantitative estimate of drug-likeness (QED) is 0.907. The molecule has 1 aromatic rings. The molecule has 82 valence electrons. The second-order valence-corrected chi connectivity index (χ2v) is 5.34. The molecular weight excluding hydrogens is 275 g/mol. The van der Waals surface area contributed by atoms with Crippen molar-refractivity contribution >= 4 is 27.5 Å². The molecule has 0 unspecified atom stereocenters. The lowest BCUT2D eigenvalue weighted by Crippen LogP contribution is -2.26. The second kappa shape index (κ2) is 4.83. The standard InChI is InChI=1S/C11H14BrClN2/c12-9-1-2-11(13)8(5-9)6-15-4-3-10(14)7-15/h1-2,5,10H,3-4,6-7,14H2/t10-/m0/s1. The predicted molar refractivity (Wildman–Crippen MR) is 67.0 cm³/mol. The predicted octanol–water partition coefficient (Wildman–Crippen LogP) is 2.64. The molecule has 2 rings (SSSR count). The first-order valence-electron chi connectivity index (χ1n) is 5.07. The van der Waals surface area contributed by atoms with E-state index in [0.717, 1.165) is 35.6 Å². The number of nitrogens with two attached hydrogens (primary N) is 1. The molecule has 1 heterocycles. The maximum absolute atomic E-state index is 6.13. The SMILES string of the molecule is N[C@H]1CCN(Cc2cc(Br)ccc2Cl)C1. The lowest BCUT2D eigenvalue weighted by Gasteiger charge is -2.16. The van der Waals surface area contributed by atoms with Crippen LogP contribution >= 0.6 is 27.5 Å². The maximum Gasteiger partial charge on any atom is 0.0451 e. The number of hydrogen-bond acceptors (Lipinski definition) is 2. The van der Waals surface area contributed by atoms with E-state index in [1.165, 1.54) is 5.56 Å². The smallest absolute Gasteiger partial charge is 0.0451 e. The molecule has 0 aliphatic carbocycles. The molecule has 1 fully saturated rings. The molecule has 0 saturated carbocycles. The molecule has 0 spiro atoms. The highest BCUT2D eigenvalue weighted by Gasteiger charge is 2.19.